The molecular weight excluding hydrogens is 664 g/mol. The molecule has 0 unspecified atom stereocenters. The van der Waals surface area contributed by atoms with Crippen LogP contribution in [-0.4, -0.2) is 45.9 Å². The summed E-state index contributed by atoms with van der Waals surface area (Å²) in [5, 5.41) is 10.2. The summed E-state index contributed by atoms with van der Waals surface area (Å²) in [7, 11) is 4.45. The van der Waals surface area contributed by atoms with Gasteiger partial charge < -0.3 is 35.6 Å². The van der Waals surface area contributed by atoms with Crippen LogP contribution in [0.1, 0.15) is 61.3 Å². The van der Waals surface area contributed by atoms with Gasteiger partial charge in [-0.3, -0.25) is 10.1 Å². The van der Waals surface area contributed by atoms with E-state index in [1.54, 1.807) is 13.2 Å². The number of benzene rings is 4. The number of methoxy groups -OCH3 is 1. The van der Waals surface area contributed by atoms with Gasteiger partial charge in [0.2, 0.25) is 0 Å². The van der Waals surface area contributed by atoms with Crippen LogP contribution in [0.5, 0.6) is 23.0 Å². The molecule has 0 radical (unpaired) electrons. The second-order valence-electron chi connectivity index (χ2n) is 12.3. The van der Waals surface area contributed by atoms with E-state index in [4.69, 9.17) is 25.8 Å². The molecule has 6 rings (SSSR count). The van der Waals surface area contributed by atoms with Gasteiger partial charge in [0.25, 0.3) is 5.69 Å². The fourth-order valence-corrected chi connectivity index (χ4v) is 5.79. The first-order chi connectivity index (χ1) is 25.1. The summed E-state index contributed by atoms with van der Waals surface area (Å²) in [6.07, 6.45) is 8.34. The van der Waals surface area contributed by atoms with Crippen LogP contribution >= 0.6 is 0 Å². The van der Waals surface area contributed by atoms with E-state index >= 15 is 0 Å². The Morgan fingerprint density at radius 1 is 0.808 bits per heavy atom. The number of anilines is 3. The van der Waals surface area contributed by atoms with Crippen LogP contribution in [0, 0.1) is 24.0 Å². The van der Waals surface area contributed by atoms with Crippen molar-refractivity contribution in [1.82, 2.24) is 0 Å². The van der Waals surface area contributed by atoms with Crippen molar-refractivity contribution in [2.75, 3.05) is 57.4 Å². The van der Waals surface area contributed by atoms with Gasteiger partial charge in [0.1, 0.15) is 11.5 Å². The second kappa shape index (κ2) is 21.9. The number of nitrogen functional groups attached to an aromatic ring is 2. The van der Waals surface area contributed by atoms with Crippen molar-refractivity contribution < 1.29 is 33.9 Å². The fraction of sp³-hybridized carbons (Fsp3) is 0.400. The summed E-state index contributed by atoms with van der Waals surface area (Å²) in [5.74, 6) is 2.85. The van der Waals surface area contributed by atoms with E-state index in [2.05, 4.69) is 32.6 Å². The van der Waals surface area contributed by atoms with E-state index in [0.29, 0.717) is 11.5 Å². The van der Waals surface area contributed by atoms with Gasteiger partial charge in [-0.15, -0.1) is 0 Å². The molecular formula is C40H54N4O8. The molecule has 4 aromatic carbocycles. The smallest absolute Gasteiger partial charge is 0.269 e. The molecule has 0 aromatic heterocycles. The predicted molar refractivity (Wildman–Crippen MR) is 206 cm³/mol. The number of nitro groups is 1. The molecule has 52 heavy (non-hydrogen) atoms. The minimum atomic E-state index is -0.476. The van der Waals surface area contributed by atoms with Crippen molar-refractivity contribution in [2.24, 2.45) is 0 Å². The molecule has 0 bridgehead atoms. The molecule has 0 aliphatic carbocycles. The molecule has 0 saturated carbocycles. The Morgan fingerprint density at radius 3 is 2.04 bits per heavy atom. The first kappa shape index (κ1) is 41.2. The van der Waals surface area contributed by atoms with Crippen LogP contribution in [0.25, 0.3) is 0 Å². The predicted octanol–water partition coefficient (Wildman–Crippen LogP) is 8.59. The quantitative estimate of drug-likeness (QED) is 0.0504. The van der Waals surface area contributed by atoms with E-state index < -0.39 is 4.92 Å². The van der Waals surface area contributed by atoms with Crippen molar-refractivity contribution in [1.29, 1.82) is 0 Å². The Hall–Kier alpha value is -5.20. The lowest BCUT2D eigenvalue weighted by Gasteiger charge is -2.38. The Bertz CT molecular complexity index is 1640. The molecule has 2 aliphatic heterocycles. The van der Waals surface area contributed by atoms with Gasteiger partial charge in [0.15, 0.2) is 11.5 Å². The van der Waals surface area contributed by atoms with Crippen LogP contribution in [0.3, 0.4) is 0 Å². The maximum atomic E-state index is 10.2. The van der Waals surface area contributed by atoms with Crippen LogP contribution in [0.2, 0.25) is 0 Å². The summed E-state index contributed by atoms with van der Waals surface area (Å²) in [4.78, 5) is 30.6. The van der Waals surface area contributed by atoms with E-state index in [9.17, 15) is 10.1 Å². The lowest BCUT2D eigenvalue weighted by Crippen LogP contribution is -2.34. The van der Waals surface area contributed by atoms with Crippen LogP contribution in [0.4, 0.5) is 22.7 Å². The molecule has 4 aromatic rings. The van der Waals surface area contributed by atoms with Gasteiger partial charge in [-0.25, -0.2) is 0 Å². The van der Waals surface area contributed by atoms with Crippen molar-refractivity contribution in [3.05, 3.63) is 105 Å². The highest BCUT2D eigenvalue weighted by Crippen LogP contribution is 2.43. The maximum Gasteiger partial charge on any atom is 0.269 e. The Kier molecular flexibility index (Phi) is 17.4. The van der Waals surface area contributed by atoms with Gasteiger partial charge in [-0.05, 0) is 93.5 Å². The van der Waals surface area contributed by atoms with Gasteiger partial charge in [-0.2, -0.15) is 9.78 Å². The van der Waals surface area contributed by atoms with E-state index in [0.717, 1.165) is 47.9 Å². The molecule has 2 heterocycles. The number of aryl methyl sites for hydroxylation is 3. The van der Waals surface area contributed by atoms with E-state index in [-0.39, 0.29) is 5.69 Å². The van der Waals surface area contributed by atoms with Crippen molar-refractivity contribution in [2.45, 2.75) is 65.7 Å². The SMILES string of the molecule is CCCCCOc1c(N)cc2c3c1CCCN3CCC2.COOc1ccc(C)c(OC)c1.COOc1ccc([N+](=O)[O-])cc1.Cc1ccc(N)cc1. The normalized spacial score (nSPS) is 12.3. The van der Waals surface area contributed by atoms with E-state index in [1.165, 1.54) is 106 Å². The minimum Gasteiger partial charge on any atom is -0.496 e. The Labute approximate surface area is 307 Å². The van der Waals surface area contributed by atoms with Crippen LogP contribution < -0.4 is 35.6 Å². The lowest BCUT2D eigenvalue weighted by atomic mass is 9.90. The summed E-state index contributed by atoms with van der Waals surface area (Å²) in [6.45, 7) is 9.41. The van der Waals surface area contributed by atoms with Crippen molar-refractivity contribution >= 4 is 22.7 Å². The van der Waals surface area contributed by atoms with Gasteiger partial charge in [-0.1, -0.05) is 43.5 Å². The highest BCUT2D eigenvalue weighted by molar-refractivity contribution is 5.74. The first-order valence-electron chi connectivity index (χ1n) is 17.6. The molecule has 12 heteroatoms. The molecule has 282 valence electrons. The third-order valence-corrected chi connectivity index (χ3v) is 8.36. The number of unbranched alkanes of at least 4 members (excludes halogenated alkanes) is 2. The molecule has 0 amide bonds. The molecule has 2 aliphatic rings. The zero-order valence-corrected chi connectivity index (χ0v) is 31.3. The number of ether oxygens (including phenoxy) is 2. The average Bonchev–Trinajstić information content (AvgIpc) is 3.14. The second-order valence-corrected chi connectivity index (χ2v) is 12.3. The number of hydrogen-bond acceptors (Lipinski definition) is 11. The topological polar surface area (TPSA) is 154 Å². The zero-order chi connectivity index (χ0) is 37.9. The number of nitrogens with zero attached hydrogens (tertiary/aromatic N) is 2. The molecule has 0 spiro atoms. The number of hydrogen-bond donors (Lipinski definition) is 2. The van der Waals surface area contributed by atoms with Crippen LogP contribution in [-0.2, 0) is 22.6 Å². The van der Waals surface area contributed by atoms with Crippen molar-refractivity contribution in [3.63, 3.8) is 0 Å². The third-order valence-electron chi connectivity index (χ3n) is 8.36. The summed E-state index contributed by atoms with van der Waals surface area (Å²) < 4.78 is 11.2. The summed E-state index contributed by atoms with van der Waals surface area (Å²) in [5.41, 5.74) is 20.0. The highest BCUT2D eigenvalue weighted by atomic mass is 17.2. The average molecular weight is 719 g/mol. The largest absolute Gasteiger partial charge is 0.496 e. The number of nitrogens with two attached hydrogens (primary N) is 2. The van der Waals surface area contributed by atoms with E-state index in [1.807, 2.05) is 50.2 Å². The summed E-state index contributed by atoms with van der Waals surface area (Å²) in [6, 6.07) is 21.1. The molecule has 0 saturated heterocycles. The molecule has 0 fully saturated rings. The summed E-state index contributed by atoms with van der Waals surface area (Å²) >= 11 is 0. The zero-order valence-electron chi connectivity index (χ0n) is 31.3. The number of rotatable bonds is 11. The minimum absolute atomic E-state index is 0.0263. The molecule has 12 nitrogen and oxygen atoms in total. The van der Waals surface area contributed by atoms with Crippen LogP contribution in [0.15, 0.2) is 72.8 Å². The highest BCUT2D eigenvalue weighted by Gasteiger charge is 2.27. The van der Waals surface area contributed by atoms with Gasteiger partial charge >= 0.3 is 0 Å². The van der Waals surface area contributed by atoms with Gasteiger partial charge in [0.05, 0.1) is 38.5 Å². The first-order valence-corrected chi connectivity index (χ1v) is 17.6. The van der Waals surface area contributed by atoms with Gasteiger partial charge in [0, 0.05) is 48.2 Å². The Morgan fingerprint density at radius 2 is 1.44 bits per heavy atom. The number of non-ortho nitro benzene ring substituents is 1. The third kappa shape index (κ3) is 12.8. The molecule has 4 N–H and O–H groups in total. The maximum absolute atomic E-state index is 10.2. The lowest BCUT2D eigenvalue weighted by molar-refractivity contribution is -0.384. The molecule has 0 atom stereocenters. The monoisotopic (exact) mass is 718 g/mol. The fourth-order valence-electron chi connectivity index (χ4n) is 5.79. The standard InChI is InChI=1S/C17H26N2O.C9H12O3.C7H7NO4.C7H9N/c1-2-3-4-11-20-17-14-8-6-10-19-9-5-7-13(16(14)19)12-15(17)18;1-7-4-5-8(12-11-3)6-9(7)10-2;1-11-12-7-4-2-6(3-5-7)8(9)10;1-6-2-4-7(8)5-3-6/h12H,2-11,18H2,1H3;4-6H,1-3H3;2-5H,1H3;2-5H,8H2,1H3. The number of nitro benzene ring substituents is 1. The van der Waals surface area contributed by atoms with Crippen molar-refractivity contribution in [3.8, 4) is 23.0 Å². The Balaban J connectivity index is 0.000000198.